The summed E-state index contributed by atoms with van der Waals surface area (Å²) in [5, 5.41) is 0. The number of hydrogen-bond donors (Lipinski definition) is 1. The van der Waals surface area contributed by atoms with Gasteiger partial charge in [0.05, 0.1) is 11.7 Å². The van der Waals surface area contributed by atoms with Crippen LogP contribution in [0.4, 0.5) is 0 Å². The van der Waals surface area contributed by atoms with E-state index in [1.165, 1.54) is 12.8 Å². The molecule has 0 bridgehead atoms. The summed E-state index contributed by atoms with van der Waals surface area (Å²) in [6, 6.07) is 2.17. The highest BCUT2D eigenvalue weighted by Gasteiger charge is 2.17. The molecule has 0 radical (unpaired) electrons. The second-order valence-corrected chi connectivity index (χ2v) is 3.87. The number of nitrogens with two attached hydrogens (primary N) is 1. The third-order valence-electron chi connectivity index (χ3n) is 2.82. The number of aromatic nitrogens is 2. The largest absolute Gasteiger partial charge is 0.329 e. The van der Waals surface area contributed by atoms with Gasteiger partial charge in [-0.2, -0.15) is 0 Å². The highest BCUT2D eigenvalue weighted by Crippen LogP contribution is 2.17. The van der Waals surface area contributed by atoms with Crippen molar-refractivity contribution in [3.05, 3.63) is 24.3 Å². The molecule has 1 rings (SSSR count). The van der Waals surface area contributed by atoms with Crippen molar-refractivity contribution < 1.29 is 0 Å². The molecule has 4 heteroatoms. The van der Waals surface area contributed by atoms with E-state index in [1.54, 1.807) is 12.5 Å². The van der Waals surface area contributed by atoms with Crippen molar-refractivity contribution in [2.75, 3.05) is 19.6 Å². The molecular formula is C12H22N4. The van der Waals surface area contributed by atoms with Gasteiger partial charge in [0, 0.05) is 12.7 Å². The van der Waals surface area contributed by atoms with Crippen LogP contribution in [0.3, 0.4) is 0 Å². The van der Waals surface area contributed by atoms with Crippen molar-refractivity contribution in [3.8, 4) is 0 Å². The van der Waals surface area contributed by atoms with Crippen LogP contribution in [-0.4, -0.2) is 34.5 Å². The molecule has 90 valence electrons. The zero-order valence-electron chi connectivity index (χ0n) is 10.3. The maximum absolute atomic E-state index is 5.85. The van der Waals surface area contributed by atoms with Crippen molar-refractivity contribution >= 4 is 0 Å². The van der Waals surface area contributed by atoms with Gasteiger partial charge in [-0.3, -0.25) is 4.90 Å². The fourth-order valence-corrected chi connectivity index (χ4v) is 1.85. The average Bonchev–Trinajstić information content (AvgIpc) is 2.35. The number of nitrogens with zero attached hydrogens (tertiary/aromatic N) is 3. The summed E-state index contributed by atoms with van der Waals surface area (Å²) in [6.07, 6.45) is 5.78. The maximum Gasteiger partial charge on any atom is 0.115 e. The lowest BCUT2D eigenvalue weighted by Gasteiger charge is -2.29. The Hall–Kier alpha value is -1.00. The first-order chi connectivity index (χ1) is 7.83. The smallest absolute Gasteiger partial charge is 0.115 e. The second-order valence-electron chi connectivity index (χ2n) is 3.87. The van der Waals surface area contributed by atoms with Gasteiger partial charge in [-0.05, 0) is 25.6 Å². The maximum atomic E-state index is 5.85. The predicted octanol–water partition coefficient (Wildman–Crippen LogP) is 1.60. The highest BCUT2D eigenvalue weighted by atomic mass is 15.2. The Balaban J connectivity index is 2.71. The molecule has 0 saturated carbocycles. The van der Waals surface area contributed by atoms with Gasteiger partial charge in [0.1, 0.15) is 6.33 Å². The van der Waals surface area contributed by atoms with Gasteiger partial charge in [0.25, 0.3) is 0 Å². The standard InChI is InChI=1S/C12H22N4/c1-3-5-8-16(4-2)12(9-13)11-6-7-14-10-15-11/h6-7,10,12H,3-5,8-9,13H2,1-2H3. The van der Waals surface area contributed by atoms with Gasteiger partial charge in [-0.15, -0.1) is 0 Å². The molecule has 0 aliphatic heterocycles. The zero-order valence-corrected chi connectivity index (χ0v) is 10.3. The minimum atomic E-state index is 0.222. The predicted molar refractivity (Wildman–Crippen MR) is 66.0 cm³/mol. The first kappa shape index (κ1) is 13.1. The molecule has 1 heterocycles. The molecule has 0 aliphatic carbocycles. The van der Waals surface area contributed by atoms with E-state index in [-0.39, 0.29) is 6.04 Å². The molecule has 0 aromatic carbocycles. The lowest BCUT2D eigenvalue weighted by atomic mass is 10.1. The van der Waals surface area contributed by atoms with Crippen LogP contribution in [0.1, 0.15) is 38.4 Å². The van der Waals surface area contributed by atoms with E-state index in [9.17, 15) is 0 Å². The molecule has 0 amide bonds. The van der Waals surface area contributed by atoms with E-state index < -0.39 is 0 Å². The molecule has 1 unspecified atom stereocenters. The summed E-state index contributed by atoms with van der Waals surface area (Å²) in [6.45, 7) is 7.06. The molecule has 0 fully saturated rings. The van der Waals surface area contributed by atoms with Crippen LogP contribution in [0.15, 0.2) is 18.6 Å². The summed E-state index contributed by atoms with van der Waals surface area (Å²) < 4.78 is 0. The molecule has 1 atom stereocenters. The number of hydrogen-bond acceptors (Lipinski definition) is 4. The molecule has 2 N–H and O–H groups in total. The Morgan fingerprint density at radius 2 is 2.25 bits per heavy atom. The Kier molecular flexibility index (Phi) is 5.96. The SMILES string of the molecule is CCCCN(CC)C(CN)c1ccncn1. The summed E-state index contributed by atoms with van der Waals surface area (Å²) >= 11 is 0. The van der Waals surface area contributed by atoms with Crippen LogP contribution in [-0.2, 0) is 0 Å². The number of unbranched alkanes of at least 4 members (excludes halogenated alkanes) is 1. The molecule has 4 nitrogen and oxygen atoms in total. The monoisotopic (exact) mass is 222 g/mol. The van der Waals surface area contributed by atoms with Crippen molar-refractivity contribution in [2.45, 2.75) is 32.7 Å². The third kappa shape index (κ3) is 3.54. The first-order valence-electron chi connectivity index (χ1n) is 6.03. The summed E-state index contributed by atoms with van der Waals surface area (Å²) in [5.41, 5.74) is 6.87. The van der Waals surface area contributed by atoms with E-state index in [2.05, 4.69) is 28.7 Å². The fraction of sp³-hybridized carbons (Fsp3) is 0.667. The van der Waals surface area contributed by atoms with Gasteiger partial charge in [-0.25, -0.2) is 9.97 Å². The fourth-order valence-electron chi connectivity index (χ4n) is 1.85. The van der Waals surface area contributed by atoms with Crippen molar-refractivity contribution in [3.63, 3.8) is 0 Å². The molecule has 0 saturated heterocycles. The molecule has 16 heavy (non-hydrogen) atoms. The lowest BCUT2D eigenvalue weighted by molar-refractivity contribution is 0.205. The van der Waals surface area contributed by atoms with E-state index in [0.29, 0.717) is 6.54 Å². The summed E-state index contributed by atoms with van der Waals surface area (Å²) in [5.74, 6) is 0. The Morgan fingerprint density at radius 1 is 1.44 bits per heavy atom. The van der Waals surface area contributed by atoms with Crippen LogP contribution in [0.2, 0.25) is 0 Å². The normalized spacial score (nSPS) is 13.0. The Labute approximate surface area is 97.9 Å². The number of rotatable bonds is 7. The van der Waals surface area contributed by atoms with Crippen LogP contribution in [0, 0.1) is 0 Å². The summed E-state index contributed by atoms with van der Waals surface area (Å²) in [4.78, 5) is 10.6. The Morgan fingerprint density at radius 3 is 2.75 bits per heavy atom. The molecule has 0 spiro atoms. The summed E-state index contributed by atoms with van der Waals surface area (Å²) in [7, 11) is 0. The van der Waals surface area contributed by atoms with Crippen LogP contribution in [0.5, 0.6) is 0 Å². The van der Waals surface area contributed by atoms with Gasteiger partial charge >= 0.3 is 0 Å². The zero-order chi connectivity index (χ0) is 11.8. The van der Waals surface area contributed by atoms with Gasteiger partial charge in [0.2, 0.25) is 0 Å². The van der Waals surface area contributed by atoms with E-state index in [1.807, 2.05) is 6.07 Å². The van der Waals surface area contributed by atoms with E-state index >= 15 is 0 Å². The minimum Gasteiger partial charge on any atom is -0.329 e. The molecule has 1 aromatic heterocycles. The van der Waals surface area contributed by atoms with Crippen LogP contribution < -0.4 is 5.73 Å². The topological polar surface area (TPSA) is 55.0 Å². The third-order valence-corrected chi connectivity index (χ3v) is 2.82. The van der Waals surface area contributed by atoms with Crippen molar-refractivity contribution in [1.82, 2.24) is 14.9 Å². The molecule has 1 aromatic rings. The van der Waals surface area contributed by atoms with Gasteiger partial charge in [0.15, 0.2) is 0 Å². The van der Waals surface area contributed by atoms with E-state index in [4.69, 9.17) is 5.73 Å². The van der Waals surface area contributed by atoms with Crippen LogP contribution in [0.25, 0.3) is 0 Å². The average molecular weight is 222 g/mol. The number of likely N-dealkylation sites (N-methyl/N-ethyl adjacent to an activating group) is 1. The van der Waals surface area contributed by atoms with Gasteiger partial charge < -0.3 is 5.73 Å². The van der Waals surface area contributed by atoms with Gasteiger partial charge in [-0.1, -0.05) is 20.3 Å². The van der Waals surface area contributed by atoms with E-state index in [0.717, 1.165) is 18.8 Å². The van der Waals surface area contributed by atoms with Crippen molar-refractivity contribution in [2.24, 2.45) is 5.73 Å². The second kappa shape index (κ2) is 7.30. The molecule has 0 aliphatic rings. The van der Waals surface area contributed by atoms with Crippen molar-refractivity contribution in [1.29, 1.82) is 0 Å². The van der Waals surface area contributed by atoms with Crippen LogP contribution >= 0.6 is 0 Å². The molecular weight excluding hydrogens is 200 g/mol. The highest BCUT2D eigenvalue weighted by molar-refractivity contribution is 5.05. The Bertz CT molecular complexity index is 276. The quantitative estimate of drug-likeness (QED) is 0.761. The lowest BCUT2D eigenvalue weighted by Crippen LogP contribution is -2.35. The minimum absolute atomic E-state index is 0.222. The first-order valence-corrected chi connectivity index (χ1v) is 6.03.